The molecule has 30 heavy (non-hydrogen) atoms. The highest BCUT2D eigenvalue weighted by Crippen LogP contribution is 2.30. The van der Waals surface area contributed by atoms with E-state index in [4.69, 9.17) is 15.2 Å². The molecule has 0 saturated heterocycles. The number of nitrogens with two attached hydrogens (primary N) is 1. The van der Waals surface area contributed by atoms with Gasteiger partial charge in [-0.1, -0.05) is 42.1 Å². The lowest BCUT2D eigenvalue weighted by Gasteiger charge is -2.18. The number of rotatable bonds is 9. The number of aromatic nitrogens is 3. The van der Waals surface area contributed by atoms with Gasteiger partial charge in [0, 0.05) is 11.8 Å². The molecule has 0 saturated carbocycles. The summed E-state index contributed by atoms with van der Waals surface area (Å²) in [6.45, 7) is 1.75. The third-order valence-corrected chi connectivity index (χ3v) is 5.53. The molecule has 1 aromatic heterocycles. The summed E-state index contributed by atoms with van der Waals surface area (Å²) in [5.74, 6) is 1.86. The van der Waals surface area contributed by atoms with Gasteiger partial charge in [-0.05, 0) is 31.0 Å². The third-order valence-electron chi connectivity index (χ3n) is 4.59. The first-order valence-electron chi connectivity index (χ1n) is 9.43. The number of methoxy groups -OCH3 is 2. The molecule has 3 N–H and O–H groups in total. The van der Waals surface area contributed by atoms with Crippen molar-refractivity contribution in [2.75, 3.05) is 31.0 Å². The van der Waals surface area contributed by atoms with Gasteiger partial charge in [0.15, 0.2) is 5.16 Å². The quantitative estimate of drug-likeness (QED) is 0.504. The monoisotopic (exact) mass is 427 g/mol. The SMILES string of the molecule is COc1ccc(OC)c(NC(=O)C(C)n2c(N)nnc2SCCc2ccccc2)c1. The van der Waals surface area contributed by atoms with Gasteiger partial charge in [0.05, 0.1) is 19.9 Å². The summed E-state index contributed by atoms with van der Waals surface area (Å²) >= 11 is 1.51. The van der Waals surface area contributed by atoms with Gasteiger partial charge in [0.2, 0.25) is 11.9 Å². The predicted molar refractivity (Wildman–Crippen MR) is 118 cm³/mol. The van der Waals surface area contributed by atoms with Gasteiger partial charge in [-0.15, -0.1) is 10.2 Å². The van der Waals surface area contributed by atoms with E-state index in [9.17, 15) is 4.79 Å². The fourth-order valence-electron chi connectivity index (χ4n) is 2.92. The number of anilines is 2. The number of amides is 1. The zero-order valence-corrected chi connectivity index (χ0v) is 18.0. The van der Waals surface area contributed by atoms with Crippen LogP contribution in [-0.4, -0.2) is 40.6 Å². The lowest BCUT2D eigenvalue weighted by atomic mass is 10.2. The maximum Gasteiger partial charge on any atom is 0.247 e. The van der Waals surface area contributed by atoms with Gasteiger partial charge in [0.1, 0.15) is 17.5 Å². The van der Waals surface area contributed by atoms with Crippen molar-refractivity contribution in [1.82, 2.24) is 14.8 Å². The maximum absolute atomic E-state index is 12.9. The molecule has 0 fully saturated rings. The number of hydrogen-bond donors (Lipinski definition) is 2. The van der Waals surface area contributed by atoms with Gasteiger partial charge < -0.3 is 20.5 Å². The lowest BCUT2D eigenvalue weighted by molar-refractivity contribution is -0.118. The molecule has 1 unspecified atom stereocenters. The molecular formula is C21H25N5O3S. The normalized spacial score (nSPS) is 11.7. The van der Waals surface area contributed by atoms with Crippen molar-refractivity contribution in [3.05, 3.63) is 54.1 Å². The van der Waals surface area contributed by atoms with E-state index in [-0.39, 0.29) is 11.9 Å². The number of carbonyl (C=O) groups is 1. The number of benzene rings is 2. The fourth-order valence-corrected chi connectivity index (χ4v) is 3.93. The number of aryl methyl sites for hydroxylation is 1. The highest BCUT2D eigenvalue weighted by Gasteiger charge is 2.23. The third kappa shape index (κ3) is 5.04. The molecule has 3 rings (SSSR count). The van der Waals surface area contributed by atoms with Crippen LogP contribution in [0.2, 0.25) is 0 Å². The summed E-state index contributed by atoms with van der Waals surface area (Å²) in [5, 5.41) is 11.6. The van der Waals surface area contributed by atoms with Crippen LogP contribution in [0.3, 0.4) is 0 Å². The van der Waals surface area contributed by atoms with E-state index in [1.807, 2.05) is 18.2 Å². The molecule has 9 heteroatoms. The van der Waals surface area contributed by atoms with Crippen LogP contribution in [0.5, 0.6) is 11.5 Å². The first-order valence-corrected chi connectivity index (χ1v) is 10.4. The first kappa shape index (κ1) is 21.5. The molecule has 1 amide bonds. The smallest absolute Gasteiger partial charge is 0.247 e. The Morgan fingerprint density at radius 3 is 2.63 bits per heavy atom. The average Bonchev–Trinajstić information content (AvgIpc) is 3.14. The maximum atomic E-state index is 12.9. The standard InChI is InChI=1S/C21H25N5O3S/c1-14(19(27)23-17-13-16(28-2)9-10-18(17)29-3)26-20(22)24-25-21(26)30-12-11-15-7-5-4-6-8-15/h4-10,13-14H,11-12H2,1-3H3,(H2,22,24)(H,23,27). The van der Waals surface area contributed by atoms with Crippen LogP contribution in [0.1, 0.15) is 18.5 Å². The van der Waals surface area contributed by atoms with Gasteiger partial charge >= 0.3 is 0 Å². The number of hydrogen-bond acceptors (Lipinski definition) is 7. The lowest BCUT2D eigenvalue weighted by Crippen LogP contribution is -2.25. The zero-order chi connectivity index (χ0) is 21.5. The van der Waals surface area contributed by atoms with Gasteiger partial charge in [0.25, 0.3) is 0 Å². The minimum absolute atomic E-state index is 0.192. The van der Waals surface area contributed by atoms with Crippen LogP contribution in [0.4, 0.5) is 11.6 Å². The van der Waals surface area contributed by atoms with Crippen LogP contribution in [0.25, 0.3) is 0 Å². The number of carbonyl (C=O) groups excluding carboxylic acids is 1. The second kappa shape index (κ2) is 10.0. The predicted octanol–water partition coefficient (Wildman–Crippen LogP) is 3.41. The van der Waals surface area contributed by atoms with Crippen LogP contribution in [-0.2, 0) is 11.2 Å². The molecule has 1 atom stereocenters. The topological polar surface area (TPSA) is 104 Å². The first-order chi connectivity index (χ1) is 14.5. The van der Waals surface area contributed by atoms with Crippen LogP contribution < -0.4 is 20.5 Å². The largest absolute Gasteiger partial charge is 0.497 e. The molecular weight excluding hydrogens is 402 g/mol. The van der Waals surface area contributed by atoms with E-state index in [0.717, 1.165) is 12.2 Å². The second-order valence-electron chi connectivity index (χ2n) is 6.53. The number of ether oxygens (including phenoxy) is 2. The van der Waals surface area contributed by atoms with Crippen molar-refractivity contribution < 1.29 is 14.3 Å². The summed E-state index contributed by atoms with van der Waals surface area (Å²) in [5.41, 5.74) is 7.76. The van der Waals surface area contributed by atoms with Crippen molar-refractivity contribution in [1.29, 1.82) is 0 Å². The summed E-state index contributed by atoms with van der Waals surface area (Å²) in [7, 11) is 3.10. The summed E-state index contributed by atoms with van der Waals surface area (Å²) in [4.78, 5) is 12.9. The van der Waals surface area contributed by atoms with E-state index >= 15 is 0 Å². The molecule has 0 spiro atoms. The van der Waals surface area contributed by atoms with E-state index < -0.39 is 6.04 Å². The second-order valence-corrected chi connectivity index (χ2v) is 7.59. The number of nitrogen functional groups attached to an aromatic ring is 1. The van der Waals surface area contributed by atoms with Crippen LogP contribution in [0.15, 0.2) is 53.7 Å². The van der Waals surface area contributed by atoms with E-state index in [1.54, 1.807) is 43.9 Å². The van der Waals surface area contributed by atoms with Crippen molar-refractivity contribution in [3.8, 4) is 11.5 Å². The molecule has 3 aromatic rings. The average molecular weight is 428 g/mol. The Hall–Kier alpha value is -3.20. The van der Waals surface area contributed by atoms with Crippen molar-refractivity contribution in [3.63, 3.8) is 0 Å². The number of nitrogens with one attached hydrogen (secondary N) is 1. The molecule has 0 radical (unpaired) electrons. The van der Waals surface area contributed by atoms with Crippen molar-refractivity contribution in [2.45, 2.75) is 24.5 Å². The Labute approximate surface area is 179 Å². The van der Waals surface area contributed by atoms with Crippen LogP contribution >= 0.6 is 11.8 Å². The van der Waals surface area contributed by atoms with Gasteiger partial charge in [-0.3, -0.25) is 9.36 Å². The molecule has 158 valence electrons. The van der Waals surface area contributed by atoms with Gasteiger partial charge in [-0.2, -0.15) is 0 Å². The van der Waals surface area contributed by atoms with E-state index in [1.165, 1.54) is 17.3 Å². The number of nitrogens with zero attached hydrogens (tertiary/aromatic N) is 3. The molecule has 8 nitrogen and oxygen atoms in total. The van der Waals surface area contributed by atoms with E-state index in [2.05, 4.69) is 27.6 Å². The number of thioether (sulfide) groups is 1. The summed E-state index contributed by atoms with van der Waals surface area (Å²) < 4.78 is 12.2. The van der Waals surface area contributed by atoms with Gasteiger partial charge in [-0.25, -0.2) is 0 Å². The minimum atomic E-state index is -0.616. The highest BCUT2D eigenvalue weighted by molar-refractivity contribution is 7.99. The molecule has 0 bridgehead atoms. The molecule has 0 aliphatic carbocycles. The summed E-state index contributed by atoms with van der Waals surface area (Å²) in [6, 6.07) is 14.8. The Kier molecular flexibility index (Phi) is 7.18. The van der Waals surface area contributed by atoms with E-state index in [0.29, 0.717) is 22.3 Å². The Bertz CT molecular complexity index is 994. The Balaban J connectivity index is 1.71. The summed E-state index contributed by atoms with van der Waals surface area (Å²) in [6.07, 6.45) is 0.875. The Morgan fingerprint density at radius 1 is 1.17 bits per heavy atom. The Morgan fingerprint density at radius 2 is 1.93 bits per heavy atom. The minimum Gasteiger partial charge on any atom is -0.497 e. The highest BCUT2D eigenvalue weighted by atomic mass is 32.2. The van der Waals surface area contributed by atoms with Crippen LogP contribution in [0, 0.1) is 0 Å². The molecule has 2 aromatic carbocycles. The van der Waals surface area contributed by atoms with Crippen molar-refractivity contribution >= 4 is 29.3 Å². The molecule has 0 aliphatic rings. The fraction of sp³-hybridized carbons (Fsp3) is 0.286. The van der Waals surface area contributed by atoms with Crippen molar-refractivity contribution in [2.24, 2.45) is 0 Å². The molecule has 1 heterocycles. The molecule has 0 aliphatic heterocycles. The zero-order valence-electron chi connectivity index (χ0n) is 17.2.